The van der Waals surface area contributed by atoms with Crippen LogP contribution in [0.3, 0.4) is 0 Å². The number of nitrogens with one attached hydrogen (secondary N) is 1. The Labute approximate surface area is 281 Å². The van der Waals surface area contributed by atoms with Crippen LogP contribution in [0.5, 0.6) is 0 Å². The Morgan fingerprint density at radius 2 is 1.60 bits per heavy atom. The zero-order valence-corrected chi connectivity index (χ0v) is 28.0. The third-order valence-electron chi connectivity index (χ3n) is 12.3. The van der Waals surface area contributed by atoms with Crippen LogP contribution in [0.1, 0.15) is 50.5 Å². The van der Waals surface area contributed by atoms with Crippen molar-refractivity contribution < 1.29 is 23.9 Å². The molecule has 5 fully saturated rings. The van der Waals surface area contributed by atoms with Crippen LogP contribution in [0, 0.1) is 35.5 Å². The molecule has 3 saturated carbocycles. The van der Waals surface area contributed by atoms with Gasteiger partial charge in [0.15, 0.2) is 12.5 Å². The van der Waals surface area contributed by atoms with Gasteiger partial charge < -0.3 is 10.0 Å². The fraction of sp³-hybridized carbons (Fsp3) is 0.595. The molecule has 0 radical (unpaired) electrons. The Bertz CT molecular complexity index is 1550. The molecule has 250 valence electrons. The number of carbonyl (C=O) groups excluding carboxylic acids is 2. The van der Waals surface area contributed by atoms with E-state index in [-0.39, 0.29) is 23.7 Å². The lowest BCUT2D eigenvalue weighted by atomic mass is 9.78. The van der Waals surface area contributed by atoms with Crippen LogP contribution in [0.15, 0.2) is 54.6 Å². The molecule has 2 N–H and O–H groups in total. The lowest BCUT2D eigenvalue weighted by Crippen LogP contribution is -2.63. The number of anilines is 1. The summed E-state index contributed by atoms with van der Waals surface area (Å²) in [6.07, 6.45) is 6.73. The van der Waals surface area contributed by atoms with Gasteiger partial charge >= 0.3 is 0 Å². The monoisotopic (exact) mass is 658 g/mol. The lowest BCUT2D eigenvalue weighted by Gasteiger charge is -2.48. The van der Waals surface area contributed by atoms with E-state index >= 15 is 0 Å². The van der Waals surface area contributed by atoms with Crippen molar-refractivity contribution in [2.24, 2.45) is 35.5 Å². The molecule has 7 atom stereocenters. The molecule has 8 rings (SSSR count). The van der Waals surface area contributed by atoms with Gasteiger partial charge in [-0.25, -0.2) is 0 Å². The maximum Gasteiger partial charge on any atom is 0.233 e. The number of fused-ring (bicyclic) bond motifs is 6. The van der Waals surface area contributed by atoms with Gasteiger partial charge in [-0.1, -0.05) is 55.3 Å². The van der Waals surface area contributed by atoms with E-state index < -0.39 is 6.41 Å². The molecule has 10 heteroatoms. The molecule has 2 aromatic carbocycles. The molecule has 2 bridgehead atoms. The normalized spacial score (nSPS) is 30.7. The predicted octanol–water partition coefficient (Wildman–Crippen LogP) is 4.81. The molecule has 47 heavy (non-hydrogen) atoms. The number of aliphatic hydroxyl groups excluding tert-OH is 1. The van der Waals surface area contributed by atoms with Crippen LogP contribution >= 0.6 is 11.5 Å². The summed E-state index contributed by atoms with van der Waals surface area (Å²) in [6, 6.07) is 18.5. The summed E-state index contributed by atoms with van der Waals surface area (Å²) in [6.45, 7) is 5.93. The van der Waals surface area contributed by atoms with E-state index in [0.29, 0.717) is 43.5 Å². The first-order valence-corrected chi connectivity index (χ1v) is 18.6. The number of benzene rings is 2. The molecule has 2 saturated heterocycles. The molecular formula is C37H48N5O4S+. The quantitative estimate of drug-likeness (QED) is 0.174. The Morgan fingerprint density at radius 1 is 0.915 bits per heavy atom. The summed E-state index contributed by atoms with van der Waals surface area (Å²) in [5, 5.41) is 15.2. The Balaban J connectivity index is 0.972. The van der Waals surface area contributed by atoms with Gasteiger partial charge in [0.2, 0.25) is 18.2 Å². The number of imide groups is 1. The first-order valence-electron chi connectivity index (χ1n) is 17.8. The largest absolute Gasteiger partial charge is 0.356 e. The van der Waals surface area contributed by atoms with Crippen molar-refractivity contribution >= 4 is 39.3 Å². The highest BCUT2D eigenvalue weighted by molar-refractivity contribution is 7.13. The number of hydrogen-bond acceptors (Lipinski definition) is 8. The number of aliphatic hydroxyl groups is 1. The van der Waals surface area contributed by atoms with Crippen molar-refractivity contribution in [3.05, 3.63) is 60.2 Å². The molecule has 7 unspecified atom stereocenters. The summed E-state index contributed by atoms with van der Waals surface area (Å²) in [7, 11) is 0. The lowest BCUT2D eigenvalue weighted by molar-refractivity contribution is -0.951. The Hall–Kier alpha value is -2.89. The van der Waals surface area contributed by atoms with Gasteiger partial charge in [0, 0.05) is 24.4 Å². The average molecular weight is 659 g/mol. The number of likely N-dealkylation sites (tertiary alicyclic amines) is 1. The van der Waals surface area contributed by atoms with E-state index in [4.69, 9.17) is 9.11 Å². The molecule has 0 spiro atoms. The van der Waals surface area contributed by atoms with Gasteiger partial charge in [0.25, 0.3) is 0 Å². The summed E-state index contributed by atoms with van der Waals surface area (Å²) in [4.78, 5) is 31.4. The van der Waals surface area contributed by atoms with Gasteiger partial charge in [-0.15, -0.1) is 0 Å². The van der Waals surface area contributed by atoms with Crippen molar-refractivity contribution in [1.82, 2.24) is 14.6 Å². The first kappa shape index (κ1) is 31.4. The Morgan fingerprint density at radius 3 is 2.34 bits per heavy atom. The number of rotatable bonds is 11. The average Bonchev–Trinajstić information content (AvgIpc) is 3.89. The van der Waals surface area contributed by atoms with Crippen molar-refractivity contribution in [2.45, 2.75) is 57.9 Å². The van der Waals surface area contributed by atoms with Gasteiger partial charge in [0.1, 0.15) is 0 Å². The third-order valence-corrected chi connectivity index (χ3v) is 13.1. The number of carbonyl (C=O) groups is 2. The predicted molar refractivity (Wildman–Crippen MR) is 182 cm³/mol. The summed E-state index contributed by atoms with van der Waals surface area (Å²) in [5.41, 5.74) is 1.09. The van der Waals surface area contributed by atoms with Crippen molar-refractivity contribution in [3.63, 3.8) is 0 Å². The highest BCUT2D eigenvalue weighted by atomic mass is 32.1. The number of quaternary nitrogens is 1. The number of aromatic nitrogens is 1. The smallest absolute Gasteiger partial charge is 0.233 e. The zero-order chi connectivity index (χ0) is 32.0. The second-order valence-electron chi connectivity index (χ2n) is 15.0. The van der Waals surface area contributed by atoms with E-state index in [1.54, 1.807) is 16.4 Å². The molecule has 1 aromatic heterocycles. The number of hydrogen-bond donors (Lipinski definition) is 2. The number of piperazine rings is 1. The minimum atomic E-state index is -1.07. The van der Waals surface area contributed by atoms with E-state index in [0.717, 1.165) is 87.1 Å². The van der Waals surface area contributed by atoms with Crippen LogP contribution in [-0.2, 0) is 20.9 Å². The van der Waals surface area contributed by atoms with Crippen molar-refractivity contribution in [1.29, 1.82) is 0 Å². The van der Waals surface area contributed by atoms with Crippen molar-refractivity contribution in [3.8, 4) is 0 Å². The topological polar surface area (TPSA) is 95.0 Å². The molecule has 2 aliphatic heterocycles. The van der Waals surface area contributed by atoms with Crippen molar-refractivity contribution in [2.75, 3.05) is 50.9 Å². The maximum atomic E-state index is 13.6. The van der Waals surface area contributed by atoms with Crippen LogP contribution in [0.25, 0.3) is 10.1 Å². The van der Waals surface area contributed by atoms with Gasteiger partial charge in [-0.05, 0) is 79.1 Å². The first-order chi connectivity index (χ1) is 23.0. The second kappa shape index (κ2) is 13.2. The van der Waals surface area contributed by atoms with Crippen LogP contribution in [0.4, 0.5) is 5.82 Å². The number of ether oxygens (including phenoxy) is 1. The van der Waals surface area contributed by atoms with Gasteiger partial charge in [-0.3, -0.25) is 29.0 Å². The van der Waals surface area contributed by atoms with Crippen LogP contribution < -0.4 is 10.2 Å². The second-order valence-corrected chi connectivity index (χ2v) is 15.8. The highest BCUT2D eigenvalue weighted by Crippen LogP contribution is 2.56. The maximum absolute atomic E-state index is 13.6. The third kappa shape index (κ3) is 6.12. The Kier molecular flexibility index (Phi) is 8.81. The molecule has 2 amide bonds. The van der Waals surface area contributed by atoms with E-state index in [1.807, 2.05) is 30.3 Å². The molecule has 3 aromatic rings. The molecular weight excluding hydrogens is 611 g/mol. The van der Waals surface area contributed by atoms with E-state index in [9.17, 15) is 14.7 Å². The minimum Gasteiger partial charge on any atom is -0.356 e. The molecule has 9 nitrogen and oxygen atoms in total. The summed E-state index contributed by atoms with van der Waals surface area (Å²) in [5.74, 6) is 2.77. The van der Waals surface area contributed by atoms with E-state index in [1.165, 1.54) is 16.5 Å². The number of nitrogens with zero attached hydrogens (tertiary/aromatic N) is 4. The zero-order valence-electron chi connectivity index (χ0n) is 27.2. The van der Waals surface area contributed by atoms with E-state index in [2.05, 4.69) is 34.5 Å². The minimum absolute atomic E-state index is 0.0465. The fourth-order valence-electron chi connectivity index (χ4n) is 9.80. The fourth-order valence-corrected chi connectivity index (χ4v) is 10.6. The highest BCUT2D eigenvalue weighted by Gasteiger charge is 2.61. The standard InChI is InChI=1S/C37H48N5O4S/c43-35-32-26-14-15-27(20-26)33(32)36(44)41(35)22-28-10-4-5-11-29(28)23-42(24-46-37(45)38-21-25-8-2-1-3-9-25)18-16-40(17-19-42)34-30-12-6-7-13-31(30)47-39-34/h1-3,6-9,12-13,26-29,32-33,37-38,45H,4-5,10-11,14-24H2/q+1. The summed E-state index contributed by atoms with van der Waals surface area (Å²) < 4.78 is 13.0. The summed E-state index contributed by atoms with van der Waals surface area (Å²) >= 11 is 1.56. The molecule has 5 aliphatic rings. The van der Waals surface area contributed by atoms with Gasteiger partial charge in [0.05, 0.1) is 49.3 Å². The van der Waals surface area contributed by atoms with Crippen LogP contribution in [0.2, 0.25) is 0 Å². The van der Waals surface area contributed by atoms with Gasteiger partial charge in [-0.2, -0.15) is 4.37 Å². The molecule has 3 aliphatic carbocycles. The SMILES string of the molecule is O=C1C2C3CCC(C3)C2C(=O)N1CC1CCCCC1C[N+]1(COC(O)NCc2ccccc2)CCN(c2nsc3ccccc23)CC1. The van der Waals surface area contributed by atoms with Crippen LogP contribution in [-0.4, -0.2) is 83.1 Å². The molecule has 3 heterocycles. The number of amides is 2.